The van der Waals surface area contributed by atoms with E-state index in [0.29, 0.717) is 17.5 Å². The van der Waals surface area contributed by atoms with Gasteiger partial charge >= 0.3 is 0 Å². The van der Waals surface area contributed by atoms with E-state index in [1.807, 2.05) is 13.1 Å². The van der Waals surface area contributed by atoms with Crippen molar-refractivity contribution in [3.8, 4) is 0 Å². The summed E-state index contributed by atoms with van der Waals surface area (Å²) in [5.41, 5.74) is 10.6. The summed E-state index contributed by atoms with van der Waals surface area (Å²) in [7, 11) is 0. The molecule has 1 aromatic carbocycles. The van der Waals surface area contributed by atoms with Crippen LogP contribution in [0.25, 0.3) is 11.1 Å². The average molecular weight is 413 g/mol. The lowest BCUT2D eigenvalue weighted by Crippen LogP contribution is -2.11. The summed E-state index contributed by atoms with van der Waals surface area (Å²) in [6.07, 6.45) is 10.6. The molecule has 0 saturated carbocycles. The summed E-state index contributed by atoms with van der Waals surface area (Å²) in [4.78, 5) is 9.33. The fourth-order valence-corrected chi connectivity index (χ4v) is 5.47. The van der Waals surface area contributed by atoms with Crippen molar-refractivity contribution in [3.05, 3.63) is 82.0 Å². The number of halogens is 1. The summed E-state index contributed by atoms with van der Waals surface area (Å²) < 4.78 is 15.1. The Kier molecular flexibility index (Phi) is 4.80. The number of fused-ring (bicyclic) bond motifs is 2. The lowest BCUT2D eigenvalue weighted by Gasteiger charge is -2.19. The normalized spacial score (nSPS) is 22.0. The highest BCUT2D eigenvalue weighted by Gasteiger charge is 2.31. The fraction of sp³-hybridized carbons (Fsp3) is 0.357. The minimum absolute atomic E-state index is 0.178. The Morgan fingerprint density at radius 2 is 1.90 bits per heavy atom. The number of benzene rings is 1. The lowest BCUT2D eigenvalue weighted by molar-refractivity contribution is 0.601. The Labute approximate surface area is 184 Å². The Morgan fingerprint density at radius 3 is 2.65 bits per heavy atom. The molecule has 5 rings (SSSR count). The van der Waals surface area contributed by atoms with Crippen molar-refractivity contribution in [2.75, 3.05) is 0 Å². The van der Waals surface area contributed by atoms with Crippen molar-refractivity contribution in [2.24, 2.45) is 16.8 Å². The van der Waals surface area contributed by atoms with Crippen LogP contribution in [0.4, 0.5) is 10.1 Å². The first-order chi connectivity index (χ1) is 14.8. The van der Waals surface area contributed by atoms with Crippen molar-refractivity contribution in [1.82, 2.24) is 4.98 Å². The second-order valence-corrected chi connectivity index (χ2v) is 9.65. The second kappa shape index (κ2) is 7.40. The molecule has 31 heavy (non-hydrogen) atoms. The second-order valence-electron chi connectivity index (χ2n) is 9.65. The van der Waals surface area contributed by atoms with Gasteiger partial charge in [0.25, 0.3) is 0 Å². The Morgan fingerprint density at radius 1 is 1.10 bits per heavy atom. The van der Waals surface area contributed by atoms with Crippen molar-refractivity contribution < 1.29 is 4.39 Å². The lowest BCUT2D eigenvalue weighted by atomic mass is 9.84. The van der Waals surface area contributed by atoms with Gasteiger partial charge in [0.2, 0.25) is 0 Å². The molecule has 2 unspecified atom stereocenters. The Balaban J connectivity index is 1.57. The van der Waals surface area contributed by atoms with Crippen molar-refractivity contribution in [1.29, 1.82) is 0 Å². The van der Waals surface area contributed by atoms with Crippen molar-refractivity contribution in [3.63, 3.8) is 0 Å². The zero-order chi connectivity index (χ0) is 21.9. The topological polar surface area (TPSA) is 25.2 Å². The molecular formula is C28H29FN2. The van der Waals surface area contributed by atoms with Crippen LogP contribution in [-0.2, 0) is 6.42 Å². The van der Waals surface area contributed by atoms with E-state index in [2.05, 4.69) is 63.0 Å². The van der Waals surface area contributed by atoms with Crippen LogP contribution in [-0.4, -0.2) is 10.7 Å². The predicted molar refractivity (Wildman–Crippen MR) is 127 cm³/mol. The molecular weight excluding hydrogens is 383 g/mol. The molecule has 2 nitrogen and oxygen atoms in total. The molecule has 1 aliphatic heterocycles. The molecule has 2 atom stereocenters. The van der Waals surface area contributed by atoms with Gasteiger partial charge in [-0.25, -0.2) is 4.39 Å². The van der Waals surface area contributed by atoms with Gasteiger partial charge in [0.1, 0.15) is 11.5 Å². The number of aromatic nitrogens is 1. The summed E-state index contributed by atoms with van der Waals surface area (Å²) in [5.74, 6) is 0.914. The Bertz CT molecular complexity index is 1210. The number of nitrogens with zero attached hydrogens (tertiary/aromatic N) is 2. The third-order valence-corrected chi connectivity index (χ3v) is 6.89. The first kappa shape index (κ1) is 20.1. The van der Waals surface area contributed by atoms with Crippen molar-refractivity contribution in [2.45, 2.75) is 53.4 Å². The smallest absolute Gasteiger partial charge is 0.149 e. The summed E-state index contributed by atoms with van der Waals surface area (Å²) in [5, 5.41) is 0. The Hall–Kier alpha value is -2.81. The van der Waals surface area contributed by atoms with E-state index in [0.717, 1.165) is 52.1 Å². The molecule has 0 bridgehead atoms. The number of pyridine rings is 1. The first-order valence-electron chi connectivity index (χ1n) is 11.3. The van der Waals surface area contributed by atoms with Gasteiger partial charge in [-0.1, -0.05) is 44.6 Å². The molecule has 158 valence electrons. The molecule has 3 heteroatoms. The molecule has 3 aliphatic rings. The molecule has 0 spiro atoms. The number of hydrogen-bond donors (Lipinski definition) is 0. The highest BCUT2D eigenvalue weighted by molar-refractivity contribution is 5.98. The van der Waals surface area contributed by atoms with E-state index >= 15 is 4.39 Å². The van der Waals surface area contributed by atoms with E-state index < -0.39 is 0 Å². The van der Waals surface area contributed by atoms with Gasteiger partial charge < -0.3 is 0 Å². The maximum absolute atomic E-state index is 15.1. The highest BCUT2D eigenvalue weighted by Crippen LogP contribution is 2.44. The van der Waals surface area contributed by atoms with Gasteiger partial charge in [-0.2, -0.15) is 0 Å². The van der Waals surface area contributed by atoms with Crippen molar-refractivity contribution >= 4 is 22.5 Å². The zero-order valence-electron chi connectivity index (χ0n) is 19.0. The van der Waals surface area contributed by atoms with Gasteiger partial charge in [0.15, 0.2) is 0 Å². The maximum Gasteiger partial charge on any atom is 0.149 e. The van der Waals surface area contributed by atoms with E-state index in [1.165, 1.54) is 11.1 Å². The monoisotopic (exact) mass is 412 g/mol. The molecule has 2 aromatic rings. The van der Waals surface area contributed by atoms with E-state index in [1.54, 1.807) is 6.07 Å². The van der Waals surface area contributed by atoms with Crippen LogP contribution >= 0.6 is 0 Å². The fourth-order valence-electron chi connectivity index (χ4n) is 5.47. The highest BCUT2D eigenvalue weighted by atomic mass is 19.1. The molecule has 0 amide bonds. The zero-order valence-corrected chi connectivity index (χ0v) is 19.0. The van der Waals surface area contributed by atoms with Gasteiger partial charge in [0, 0.05) is 35.4 Å². The van der Waals surface area contributed by atoms with Gasteiger partial charge in [-0.15, -0.1) is 0 Å². The summed E-state index contributed by atoms with van der Waals surface area (Å²) in [6, 6.07) is 6.05. The average Bonchev–Trinajstić information content (AvgIpc) is 3.28. The molecule has 0 saturated heterocycles. The number of hydrogen-bond acceptors (Lipinski definition) is 2. The van der Waals surface area contributed by atoms with E-state index in [-0.39, 0.29) is 11.7 Å². The van der Waals surface area contributed by atoms with Crippen LogP contribution in [0.5, 0.6) is 0 Å². The number of aliphatic imine (C=N–C) groups is 1. The van der Waals surface area contributed by atoms with Gasteiger partial charge in [-0.3, -0.25) is 9.98 Å². The molecule has 1 aromatic heterocycles. The minimum Gasteiger partial charge on any atom is -0.260 e. The summed E-state index contributed by atoms with van der Waals surface area (Å²) in [6.45, 7) is 10.8. The van der Waals surface area contributed by atoms with Crippen LogP contribution in [0.1, 0.15) is 74.9 Å². The third-order valence-electron chi connectivity index (χ3n) is 6.89. The van der Waals surface area contributed by atoms with Crippen LogP contribution in [0.15, 0.2) is 53.2 Å². The SMILES string of the molecule is CC1=Nc2c(F)cc(C3=CCc4ncc(C5=C(C)CC(C)C=C5)cc43)cc2C1C(C)C. The van der Waals surface area contributed by atoms with Gasteiger partial charge in [-0.05, 0) is 72.6 Å². The van der Waals surface area contributed by atoms with Crippen LogP contribution in [0.2, 0.25) is 0 Å². The third kappa shape index (κ3) is 3.31. The van der Waals surface area contributed by atoms with Crippen LogP contribution < -0.4 is 0 Å². The molecule has 0 N–H and O–H groups in total. The standard InChI is InChI=1S/C28H29FN2/c1-15(2)27-18(5)31-28-24(27)11-19(13-25(28)29)22-8-9-26-23(22)12-20(14-30-26)21-7-6-16(3)10-17(21)4/h6-8,11-16,27H,9-10H2,1-5H3. The minimum atomic E-state index is -0.226. The molecule has 2 aliphatic carbocycles. The van der Waals surface area contributed by atoms with E-state index in [4.69, 9.17) is 4.98 Å². The predicted octanol–water partition coefficient (Wildman–Crippen LogP) is 7.42. The maximum atomic E-state index is 15.1. The largest absolute Gasteiger partial charge is 0.260 e. The van der Waals surface area contributed by atoms with Gasteiger partial charge in [0.05, 0.1) is 5.69 Å². The first-order valence-corrected chi connectivity index (χ1v) is 11.3. The van der Waals surface area contributed by atoms with E-state index in [9.17, 15) is 0 Å². The molecule has 0 radical (unpaired) electrons. The summed E-state index contributed by atoms with van der Waals surface area (Å²) >= 11 is 0. The van der Waals surface area contributed by atoms with Crippen LogP contribution in [0, 0.1) is 17.7 Å². The number of rotatable bonds is 3. The molecule has 0 fully saturated rings. The number of allylic oxidation sites excluding steroid dienone is 5. The van der Waals surface area contributed by atoms with Crippen LogP contribution in [0.3, 0.4) is 0 Å². The quantitative estimate of drug-likeness (QED) is 0.515. The molecule has 2 heterocycles.